The summed E-state index contributed by atoms with van der Waals surface area (Å²) in [5.41, 5.74) is 2.99. The van der Waals surface area contributed by atoms with Crippen molar-refractivity contribution in [1.29, 1.82) is 0 Å². The molecule has 0 bridgehead atoms. The Labute approximate surface area is 108 Å². The average molecular weight is 247 g/mol. The molecular weight excluding hydrogens is 226 g/mol. The molecule has 18 heavy (non-hydrogen) atoms. The standard InChI is InChI=1S/C14H21N3O/c1-11-10-13(16-17(11)2)14(18)15-9-8-12-6-4-3-5-7-12/h6,10H,3-5,7-9H2,1-2H3,(H,15,18). The molecule has 1 N–H and O–H groups in total. The van der Waals surface area contributed by atoms with E-state index in [1.165, 1.54) is 31.3 Å². The second-order valence-electron chi connectivity index (χ2n) is 4.91. The van der Waals surface area contributed by atoms with Gasteiger partial charge in [0.2, 0.25) is 0 Å². The van der Waals surface area contributed by atoms with Gasteiger partial charge >= 0.3 is 0 Å². The van der Waals surface area contributed by atoms with Crippen LogP contribution < -0.4 is 5.32 Å². The lowest BCUT2D eigenvalue weighted by atomic mass is 9.97. The van der Waals surface area contributed by atoms with E-state index in [0.717, 1.165) is 12.1 Å². The number of allylic oxidation sites excluding steroid dienone is 1. The van der Waals surface area contributed by atoms with Crippen molar-refractivity contribution in [1.82, 2.24) is 15.1 Å². The Morgan fingerprint density at radius 1 is 1.50 bits per heavy atom. The summed E-state index contributed by atoms with van der Waals surface area (Å²) in [4.78, 5) is 11.8. The summed E-state index contributed by atoms with van der Waals surface area (Å²) < 4.78 is 1.72. The van der Waals surface area contributed by atoms with Crippen LogP contribution in [0, 0.1) is 6.92 Å². The van der Waals surface area contributed by atoms with E-state index in [0.29, 0.717) is 12.2 Å². The Morgan fingerprint density at radius 2 is 2.33 bits per heavy atom. The fourth-order valence-electron chi connectivity index (χ4n) is 2.23. The first kappa shape index (κ1) is 12.9. The first-order chi connectivity index (χ1) is 8.66. The van der Waals surface area contributed by atoms with Gasteiger partial charge in [0.15, 0.2) is 0 Å². The third kappa shape index (κ3) is 3.22. The smallest absolute Gasteiger partial charge is 0.271 e. The average Bonchev–Trinajstić information content (AvgIpc) is 2.71. The van der Waals surface area contributed by atoms with E-state index in [9.17, 15) is 4.79 Å². The second-order valence-corrected chi connectivity index (χ2v) is 4.91. The van der Waals surface area contributed by atoms with E-state index in [4.69, 9.17) is 0 Å². The fourth-order valence-corrected chi connectivity index (χ4v) is 2.23. The predicted molar refractivity (Wildman–Crippen MR) is 71.4 cm³/mol. The third-order valence-corrected chi connectivity index (χ3v) is 3.46. The molecule has 1 aromatic heterocycles. The van der Waals surface area contributed by atoms with Gasteiger partial charge in [0.25, 0.3) is 5.91 Å². The van der Waals surface area contributed by atoms with Crippen molar-refractivity contribution in [3.05, 3.63) is 29.1 Å². The highest BCUT2D eigenvalue weighted by molar-refractivity contribution is 5.92. The molecule has 1 amide bonds. The monoisotopic (exact) mass is 247 g/mol. The molecule has 1 aromatic rings. The van der Waals surface area contributed by atoms with Crippen molar-refractivity contribution in [2.75, 3.05) is 6.54 Å². The maximum Gasteiger partial charge on any atom is 0.271 e. The number of carbonyl (C=O) groups is 1. The lowest BCUT2D eigenvalue weighted by molar-refractivity contribution is 0.0948. The minimum Gasteiger partial charge on any atom is -0.350 e. The van der Waals surface area contributed by atoms with Crippen LogP contribution in [0.1, 0.15) is 48.3 Å². The molecule has 0 radical (unpaired) electrons. The molecule has 0 atom stereocenters. The second kappa shape index (κ2) is 5.85. The Balaban J connectivity index is 1.79. The summed E-state index contributed by atoms with van der Waals surface area (Å²) in [5.74, 6) is -0.0740. The fraction of sp³-hybridized carbons (Fsp3) is 0.571. The van der Waals surface area contributed by atoms with Crippen LogP contribution in [0.3, 0.4) is 0 Å². The minimum atomic E-state index is -0.0740. The summed E-state index contributed by atoms with van der Waals surface area (Å²) in [5, 5.41) is 7.10. The number of aromatic nitrogens is 2. The topological polar surface area (TPSA) is 46.9 Å². The Hall–Kier alpha value is -1.58. The summed E-state index contributed by atoms with van der Waals surface area (Å²) in [6.07, 6.45) is 8.28. The molecule has 0 saturated carbocycles. The molecular formula is C14H21N3O. The van der Waals surface area contributed by atoms with Crippen LogP contribution in [0.4, 0.5) is 0 Å². The number of aryl methyl sites for hydroxylation is 2. The van der Waals surface area contributed by atoms with Gasteiger partial charge in [-0.1, -0.05) is 11.6 Å². The number of hydrogen-bond donors (Lipinski definition) is 1. The van der Waals surface area contributed by atoms with Gasteiger partial charge in [0.1, 0.15) is 5.69 Å². The molecule has 98 valence electrons. The molecule has 0 unspecified atom stereocenters. The van der Waals surface area contributed by atoms with E-state index in [1.54, 1.807) is 4.68 Å². The maximum atomic E-state index is 11.8. The summed E-state index contributed by atoms with van der Waals surface area (Å²) in [6.45, 7) is 2.65. The summed E-state index contributed by atoms with van der Waals surface area (Å²) in [7, 11) is 1.85. The van der Waals surface area contributed by atoms with Gasteiger partial charge in [-0.25, -0.2) is 0 Å². The Kier molecular flexibility index (Phi) is 4.18. The van der Waals surface area contributed by atoms with Crippen molar-refractivity contribution >= 4 is 5.91 Å². The van der Waals surface area contributed by atoms with Crippen molar-refractivity contribution in [3.63, 3.8) is 0 Å². The molecule has 0 saturated heterocycles. The zero-order valence-corrected chi connectivity index (χ0v) is 11.2. The van der Waals surface area contributed by atoms with Gasteiger partial charge in [-0.3, -0.25) is 9.48 Å². The largest absolute Gasteiger partial charge is 0.350 e. The molecule has 0 fully saturated rings. The number of carbonyl (C=O) groups excluding carboxylic acids is 1. The number of amides is 1. The quantitative estimate of drug-likeness (QED) is 0.830. The SMILES string of the molecule is Cc1cc(C(=O)NCCC2=CCCCC2)nn1C. The molecule has 4 heteroatoms. The minimum absolute atomic E-state index is 0.0740. The van der Waals surface area contributed by atoms with E-state index >= 15 is 0 Å². The summed E-state index contributed by atoms with van der Waals surface area (Å²) in [6, 6.07) is 1.81. The van der Waals surface area contributed by atoms with E-state index < -0.39 is 0 Å². The number of nitrogens with one attached hydrogen (secondary N) is 1. The van der Waals surface area contributed by atoms with Crippen LogP contribution in [0.2, 0.25) is 0 Å². The van der Waals surface area contributed by atoms with Crippen LogP contribution in [0.25, 0.3) is 0 Å². The first-order valence-corrected chi connectivity index (χ1v) is 6.63. The maximum absolute atomic E-state index is 11.8. The predicted octanol–water partition coefficient (Wildman–Crippen LogP) is 2.35. The Morgan fingerprint density at radius 3 is 2.94 bits per heavy atom. The molecule has 1 aliphatic carbocycles. The lowest BCUT2D eigenvalue weighted by Gasteiger charge is -2.12. The highest BCUT2D eigenvalue weighted by atomic mass is 16.1. The van der Waals surface area contributed by atoms with Gasteiger partial charge < -0.3 is 5.32 Å². The normalized spacial score (nSPS) is 15.3. The lowest BCUT2D eigenvalue weighted by Crippen LogP contribution is -2.25. The van der Waals surface area contributed by atoms with Gasteiger partial charge in [-0.2, -0.15) is 5.10 Å². The molecule has 4 nitrogen and oxygen atoms in total. The van der Waals surface area contributed by atoms with Crippen LogP contribution in [0.5, 0.6) is 0 Å². The highest BCUT2D eigenvalue weighted by Crippen LogP contribution is 2.19. The highest BCUT2D eigenvalue weighted by Gasteiger charge is 2.10. The molecule has 2 rings (SSSR count). The van der Waals surface area contributed by atoms with Crippen LogP contribution in [-0.2, 0) is 7.05 Å². The zero-order chi connectivity index (χ0) is 13.0. The molecule has 0 aromatic carbocycles. The van der Waals surface area contributed by atoms with E-state index in [1.807, 2.05) is 20.0 Å². The molecule has 1 heterocycles. The van der Waals surface area contributed by atoms with Gasteiger partial charge in [0, 0.05) is 19.3 Å². The zero-order valence-electron chi connectivity index (χ0n) is 11.2. The van der Waals surface area contributed by atoms with Crippen LogP contribution in [-0.4, -0.2) is 22.2 Å². The first-order valence-electron chi connectivity index (χ1n) is 6.63. The Bertz CT molecular complexity index is 440. The molecule has 0 aliphatic heterocycles. The van der Waals surface area contributed by atoms with Crippen LogP contribution in [0.15, 0.2) is 17.7 Å². The van der Waals surface area contributed by atoms with Crippen molar-refractivity contribution in [3.8, 4) is 0 Å². The summed E-state index contributed by atoms with van der Waals surface area (Å²) >= 11 is 0. The molecule has 1 aliphatic rings. The molecule has 0 spiro atoms. The van der Waals surface area contributed by atoms with Crippen molar-refractivity contribution < 1.29 is 4.79 Å². The number of nitrogens with zero attached hydrogens (tertiary/aromatic N) is 2. The van der Waals surface area contributed by atoms with E-state index in [2.05, 4.69) is 16.5 Å². The van der Waals surface area contributed by atoms with E-state index in [-0.39, 0.29) is 5.91 Å². The van der Waals surface area contributed by atoms with Crippen molar-refractivity contribution in [2.24, 2.45) is 7.05 Å². The van der Waals surface area contributed by atoms with Gasteiger partial charge in [-0.05, 0) is 45.1 Å². The van der Waals surface area contributed by atoms with Crippen molar-refractivity contribution in [2.45, 2.75) is 39.0 Å². The van der Waals surface area contributed by atoms with Crippen LogP contribution >= 0.6 is 0 Å². The van der Waals surface area contributed by atoms with Gasteiger partial charge in [-0.15, -0.1) is 0 Å². The number of rotatable bonds is 4. The van der Waals surface area contributed by atoms with Gasteiger partial charge in [0.05, 0.1) is 0 Å². The third-order valence-electron chi connectivity index (χ3n) is 3.46. The number of hydrogen-bond acceptors (Lipinski definition) is 2.